The second-order valence-electron chi connectivity index (χ2n) is 3.36. The molecule has 1 aromatic rings. The van der Waals surface area contributed by atoms with Crippen molar-refractivity contribution >= 4 is 11.9 Å². The van der Waals surface area contributed by atoms with E-state index in [0.29, 0.717) is 12.2 Å². The number of nitrogens with zero attached hydrogens (tertiary/aromatic N) is 2. The van der Waals surface area contributed by atoms with Crippen LogP contribution in [0.15, 0.2) is 0 Å². The minimum Gasteiger partial charge on any atom is -0.479 e. The third-order valence-corrected chi connectivity index (χ3v) is 2.06. The minimum absolute atomic E-state index is 0.00617. The fourth-order valence-electron chi connectivity index (χ4n) is 1.08. The molecule has 0 aliphatic heterocycles. The Bertz CT molecular complexity index is 403. The number of carboxylic acids is 1. The number of aliphatic hydroxyl groups is 1. The highest BCUT2D eigenvalue weighted by Gasteiger charge is 2.15. The van der Waals surface area contributed by atoms with Gasteiger partial charge in [-0.3, -0.25) is 9.89 Å². The van der Waals surface area contributed by atoms with Crippen LogP contribution in [-0.2, 0) is 11.2 Å². The predicted octanol–water partition coefficient (Wildman–Crippen LogP) is -1.07. The van der Waals surface area contributed by atoms with Crippen LogP contribution >= 0.6 is 0 Å². The largest absolute Gasteiger partial charge is 0.479 e. The summed E-state index contributed by atoms with van der Waals surface area (Å²) in [6.07, 6.45) is -0.905. The molecule has 1 atom stereocenters. The molecule has 0 radical (unpaired) electrons. The fourth-order valence-corrected chi connectivity index (χ4v) is 1.08. The Kier molecular flexibility index (Phi) is 4.58. The van der Waals surface area contributed by atoms with E-state index >= 15 is 0 Å². The summed E-state index contributed by atoms with van der Waals surface area (Å²) < 4.78 is 0. The zero-order valence-corrected chi connectivity index (χ0v) is 9.30. The molecular weight excluding hydrogens is 228 g/mol. The van der Waals surface area contributed by atoms with Crippen LogP contribution in [-0.4, -0.2) is 49.9 Å². The lowest BCUT2D eigenvalue weighted by Crippen LogP contribution is -2.30. The maximum atomic E-state index is 11.4. The molecule has 0 aliphatic carbocycles. The fraction of sp³-hybridized carbons (Fsp3) is 0.556. The van der Waals surface area contributed by atoms with E-state index in [2.05, 4.69) is 20.5 Å². The average molecular weight is 242 g/mol. The Balaban J connectivity index is 2.37. The third-order valence-electron chi connectivity index (χ3n) is 2.06. The second kappa shape index (κ2) is 5.94. The summed E-state index contributed by atoms with van der Waals surface area (Å²) in [5.74, 6) is -1.21. The Labute approximate surface area is 97.1 Å². The molecule has 8 heteroatoms. The number of carboxylic acid groups (broad SMARTS) is 1. The molecule has 0 bridgehead atoms. The summed E-state index contributed by atoms with van der Waals surface area (Å²) in [5.41, 5.74) is 0. The molecule has 1 unspecified atom stereocenters. The first kappa shape index (κ1) is 13.1. The summed E-state index contributed by atoms with van der Waals surface area (Å²) in [4.78, 5) is 25.6. The van der Waals surface area contributed by atoms with E-state index in [9.17, 15) is 9.59 Å². The number of carbonyl (C=O) groups is 2. The van der Waals surface area contributed by atoms with Crippen molar-refractivity contribution in [3.8, 4) is 0 Å². The van der Waals surface area contributed by atoms with Gasteiger partial charge in [0, 0.05) is 19.4 Å². The topological polar surface area (TPSA) is 128 Å². The molecular formula is C9H14N4O4. The van der Waals surface area contributed by atoms with E-state index in [-0.39, 0.29) is 18.8 Å². The number of aliphatic hydroxyl groups excluding tert-OH is 1. The molecule has 0 fully saturated rings. The first-order valence-electron chi connectivity index (χ1n) is 5.15. The number of rotatable bonds is 6. The van der Waals surface area contributed by atoms with Gasteiger partial charge in [0.1, 0.15) is 5.82 Å². The van der Waals surface area contributed by atoms with Gasteiger partial charge in [0.05, 0.1) is 0 Å². The van der Waals surface area contributed by atoms with E-state index in [1.165, 1.54) is 0 Å². The summed E-state index contributed by atoms with van der Waals surface area (Å²) in [6, 6.07) is 0. The van der Waals surface area contributed by atoms with Gasteiger partial charge < -0.3 is 15.5 Å². The number of H-pyrrole nitrogens is 1. The predicted molar refractivity (Wildman–Crippen MR) is 56.4 cm³/mol. The molecule has 1 heterocycles. The number of nitrogens with one attached hydrogen (secondary N) is 2. The monoisotopic (exact) mass is 242 g/mol. The van der Waals surface area contributed by atoms with Crippen molar-refractivity contribution in [1.29, 1.82) is 0 Å². The highest BCUT2D eigenvalue weighted by atomic mass is 16.4. The summed E-state index contributed by atoms with van der Waals surface area (Å²) in [5, 5.41) is 26.1. The number of aryl methyl sites for hydroxylation is 1. The van der Waals surface area contributed by atoms with Gasteiger partial charge in [-0.2, -0.15) is 0 Å². The molecule has 17 heavy (non-hydrogen) atoms. The number of aromatic nitrogens is 3. The number of aromatic amines is 1. The molecule has 94 valence electrons. The zero-order chi connectivity index (χ0) is 12.8. The van der Waals surface area contributed by atoms with Gasteiger partial charge in [-0.15, -0.1) is 5.10 Å². The van der Waals surface area contributed by atoms with Crippen LogP contribution in [0.2, 0.25) is 0 Å². The van der Waals surface area contributed by atoms with Crippen molar-refractivity contribution in [1.82, 2.24) is 20.5 Å². The van der Waals surface area contributed by atoms with Crippen molar-refractivity contribution < 1.29 is 19.8 Å². The van der Waals surface area contributed by atoms with Crippen LogP contribution in [0.4, 0.5) is 0 Å². The molecule has 0 aromatic carbocycles. The van der Waals surface area contributed by atoms with Crippen molar-refractivity contribution in [2.75, 3.05) is 6.54 Å². The van der Waals surface area contributed by atoms with Gasteiger partial charge >= 0.3 is 5.97 Å². The maximum absolute atomic E-state index is 11.4. The van der Waals surface area contributed by atoms with Crippen LogP contribution in [0.1, 0.15) is 29.8 Å². The smallest absolute Gasteiger partial charge is 0.332 e. The van der Waals surface area contributed by atoms with Crippen molar-refractivity contribution in [2.45, 2.75) is 25.9 Å². The van der Waals surface area contributed by atoms with Crippen LogP contribution in [0.3, 0.4) is 0 Å². The number of hydrogen-bond acceptors (Lipinski definition) is 5. The lowest BCUT2D eigenvalue weighted by Gasteiger charge is -2.05. The quantitative estimate of drug-likeness (QED) is 0.503. The Morgan fingerprint density at radius 3 is 2.76 bits per heavy atom. The number of aliphatic carboxylic acids is 1. The van der Waals surface area contributed by atoms with Gasteiger partial charge in [0.25, 0.3) is 5.91 Å². The number of carbonyl (C=O) groups excluding carboxylic acids is 1. The molecule has 0 spiro atoms. The van der Waals surface area contributed by atoms with Gasteiger partial charge in [-0.25, -0.2) is 9.78 Å². The normalized spacial score (nSPS) is 12.1. The van der Waals surface area contributed by atoms with Crippen LogP contribution in [0.25, 0.3) is 0 Å². The van der Waals surface area contributed by atoms with E-state index in [1.54, 1.807) is 0 Å². The molecule has 1 amide bonds. The minimum atomic E-state index is -1.48. The molecule has 0 aliphatic rings. The van der Waals surface area contributed by atoms with Crippen LogP contribution in [0.5, 0.6) is 0 Å². The second-order valence-corrected chi connectivity index (χ2v) is 3.36. The van der Waals surface area contributed by atoms with Gasteiger partial charge in [-0.1, -0.05) is 6.92 Å². The lowest BCUT2D eigenvalue weighted by molar-refractivity contribution is -0.146. The standard InChI is InChI=1S/C9H14N4O4/c1-2-6-11-7(13-12-6)8(15)10-4-3-5(14)9(16)17/h5,14H,2-4H2,1H3,(H,10,15)(H,16,17)(H,11,12,13). The zero-order valence-electron chi connectivity index (χ0n) is 9.30. The highest BCUT2D eigenvalue weighted by molar-refractivity contribution is 5.90. The van der Waals surface area contributed by atoms with E-state index in [0.717, 1.165) is 0 Å². The van der Waals surface area contributed by atoms with E-state index in [1.807, 2.05) is 6.92 Å². The van der Waals surface area contributed by atoms with Crippen LogP contribution in [0, 0.1) is 0 Å². The Morgan fingerprint density at radius 2 is 2.24 bits per heavy atom. The molecule has 4 N–H and O–H groups in total. The maximum Gasteiger partial charge on any atom is 0.332 e. The Hall–Kier alpha value is -1.96. The van der Waals surface area contributed by atoms with Crippen LogP contribution < -0.4 is 5.32 Å². The molecule has 1 aromatic heterocycles. The first-order chi connectivity index (χ1) is 8.04. The lowest BCUT2D eigenvalue weighted by atomic mass is 10.2. The van der Waals surface area contributed by atoms with E-state index < -0.39 is 18.0 Å². The number of amides is 1. The first-order valence-corrected chi connectivity index (χ1v) is 5.15. The van der Waals surface area contributed by atoms with Crippen molar-refractivity contribution in [3.05, 3.63) is 11.6 Å². The van der Waals surface area contributed by atoms with Gasteiger partial charge in [-0.05, 0) is 0 Å². The number of hydrogen-bond donors (Lipinski definition) is 4. The highest BCUT2D eigenvalue weighted by Crippen LogP contribution is 1.94. The summed E-state index contributed by atoms with van der Waals surface area (Å²) >= 11 is 0. The molecule has 1 rings (SSSR count). The SMILES string of the molecule is CCc1nc(C(=O)NCCC(O)C(=O)O)n[nH]1. The third kappa shape index (κ3) is 3.83. The molecule has 8 nitrogen and oxygen atoms in total. The van der Waals surface area contributed by atoms with Gasteiger partial charge in [0.15, 0.2) is 6.10 Å². The summed E-state index contributed by atoms with van der Waals surface area (Å²) in [6.45, 7) is 1.91. The van der Waals surface area contributed by atoms with Crippen molar-refractivity contribution in [3.63, 3.8) is 0 Å². The van der Waals surface area contributed by atoms with E-state index in [4.69, 9.17) is 10.2 Å². The average Bonchev–Trinajstić information content (AvgIpc) is 2.77. The van der Waals surface area contributed by atoms with Gasteiger partial charge in [0.2, 0.25) is 5.82 Å². The molecule has 0 saturated carbocycles. The van der Waals surface area contributed by atoms with Crippen molar-refractivity contribution in [2.24, 2.45) is 0 Å². The molecule has 0 saturated heterocycles. The summed E-state index contributed by atoms with van der Waals surface area (Å²) in [7, 11) is 0. The Morgan fingerprint density at radius 1 is 1.53 bits per heavy atom.